The molecule has 2 aromatic rings. The highest BCUT2D eigenvalue weighted by Crippen LogP contribution is 2.18. The van der Waals surface area contributed by atoms with Crippen LogP contribution in [0.1, 0.15) is 31.2 Å². The predicted molar refractivity (Wildman–Crippen MR) is 75.4 cm³/mol. The Bertz CT molecular complexity index is 509. The van der Waals surface area contributed by atoms with Crippen LogP contribution >= 0.6 is 0 Å². The van der Waals surface area contributed by atoms with E-state index in [1.54, 1.807) is 0 Å². The summed E-state index contributed by atoms with van der Waals surface area (Å²) in [6, 6.07) is 9.80. The molecule has 0 spiro atoms. The number of rotatable bonds is 3. The highest BCUT2D eigenvalue weighted by Gasteiger charge is 2.17. The maximum absolute atomic E-state index is 5.92. The first kappa shape index (κ1) is 11.8. The molecule has 1 aromatic carbocycles. The highest BCUT2D eigenvalue weighted by atomic mass is 14.9. The first-order valence-corrected chi connectivity index (χ1v) is 6.86. The third-order valence-corrected chi connectivity index (χ3v) is 3.99. The van der Waals surface area contributed by atoms with Crippen LogP contribution in [0.2, 0.25) is 0 Å². The topological polar surface area (TPSA) is 53.8 Å². The quantitative estimate of drug-likeness (QED) is 0.776. The van der Waals surface area contributed by atoms with Crippen LogP contribution in [-0.4, -0.2) is 17.1 Å². The lowest BCUT2D eigenvalue weighted by molar-refractivity contribution is 0.342. The minimum absolute atomic E-state index is 0.429. The van der Waals surface area contributed by atoms with Gasteiger partial charge in [0.2, 0.25) is 0 Å². The van der Waals surface area contributed by atoms with Crippen LogP contribution in [0.4, 0.5) is 0 Å². The number of hydrogen-bond acceptors (Lipinski definition) is 2. The van der Waals surface area contributed by atoms with E-state index in [2.05, 4.69) is 34.6 Å². The number of aromatic amines is 1. The number of aromatic nitrogens is 1. The second-order valence-corrected chi connectivity index (χ2v) is 5.39. The minimum atomic E-state index is 0.429. The zero-order valence-electron chi connectivity index (χ0n) is 10.7. The highest BCUT2D eigenvalue weighted by molar-refractivity contribution is 5.79. The van der Waals surface area contributed by atoms with E-state index in [0.29, 0.717) is 12.1 Å². The van der Waals surface area contributed by atoms with Gasteiger partial charge in [-0.05, 0) is 48.8 Å². The van der Waals surface area contributed by atoms with E-state index in [1.807, 2.05) is 6.20 Å². The van der Waals surface area contributed by atoms with Gasteiger partial charge in [0, 0.05) is 30.3 Å². The van der Waals surface area contributed by atoms with Gasteiger partial charge in [-0.1, -0.05) is 12.1 Å². The number of nitrogens with one attached hydrogen (secondary N) is 2. The molecule has 0 bridgehead atoms. The molecule has 3 heteroatoms. The monoisotopic (exact) mass is 243 g/mol. The third kappa shape index (κ3) is 2.57. The molecule has 0 amide bonds. The van der Waals surface area contributed by atoms with Gasteiger partial charge in [0.25, 0.3) is 0 Å². The Kier molecular flexibility index (Phi) is 3.35. The van der Waals surface area contributed by atoms with Gasteiger partial charge in [-0.3, -0.25) is 0 Å². The van der Waals surface area contributed by atoms with Crippen molar-refractivity contribution in [2.45, 2.75) is 44.3 Å². The summed E-state index contributed by atoms with van der Waals surface area (Å²) >= 11 is 0. The van der Waals surface area contributed by atoms with E-state index in [0.717, 1.165) is 19.4 Å². The molecule has 96 valence electrons. The minimum Gasteiger partial charge on any atom is -0.361 e. The molecular formula is C15H21N3. The number of nitrogens with two attached hydrogens (primary N) is 1. The van der Waals surface area contributed by atoms with Crippen molar-refractivity contribution in [2.75, 3.05) is 0 Å². The van der Waals surface area contributed by atoms with Gasteiger partial charge in [-0.25, -0.2) is 0 Å². The Balaban J connectivity index is 1.59. The van der Waals surface area contributed by atoms with Crippen molar-refractivity contribution < 1.29 is 0 Å². The molecule has 1 heterocycles. The summed E-state index contributed by atoms with van der Waals surface area (Å²) < 4.78 is 0. The molecule has 1 fully saturated rings. The summed E-state index contributed by atoms with van der Waals surface area (Å²) in [6.45, 7) is 0.953. The lowest BCUT2D eigenvalue weighted by Crippen LogP contribution is -2.36. The van der Waals surface area contributed by atoms with E-state index < -0.39 is 0 Å². The number of hydrogen-bond donors (Lipinski definition) is 3. The van der Waals surface area contributed by atoms with Crippen molar-refractivity contribution in [3.8, 4) is 0 Å². The van der Waals surface area contributed by atoms with Crippen LogP contribution in [0.25, 0.3) is 10.9 Å². The van der Waals surface area contributed by atoms with Crippen LogP contribution in [-0.2, 0) is 6.54 Å². The van der Waals surface area contributed by atoms with Crippen molar-refractivity contribution in [3.63, 3.8) is 0 Å². The fourth-order valence-corrected chi connectivity index (χ4v) is 2.79. The molecule has 1 aliphatic rings. The summed E-state index contributed by atoms with van der Waals surface area (Å²) in [7, 11) is 0. The van der Waals surface area contributed by atoms with E-state index in [-0.39, 0.29) is 0 Å². The fraction of sp³-hybridized carbons (Fsp3) is 0.467. The summed E-state index contributed by atoms with van der Waals surface area (Å²) in [5.74, 6) is 0. The Morgan fingerprint density at radius 3 is 2.83 bits per heavy atom. The zero-order chi connectivity index (χ0) is 12.4. The maximum Gasteiger partial charge on any atom is 0.0457 e. The maximum atomic E-state index is 5.92. The first-order chi connectivity index (χ1) is 8.81. The molecule has 0 atom stereocenters. The zero-order valence-corrected chi connectivity index (χ0v) is 10.7. The smallest absolute Gasteiger partial charge is 0.0457 e. The molecule has 1 aliphatic carbocycles. The van der Waals surface area contributed by atoms with E-state index in [9.17, 15) is 0 Å². The van der Waals surface area contributed by atoms with Crippen molar-refractivity contribution >= 4 is 10.9 Å². The SMILES string of the molecule is NC1CCC(NCc2ccc3cc[nH]c3c2)CC1. The average molecular weight is 243 g/mol. The van der Waals surface area contributed by atoms with Gasteiger partial charge in [-0.2, -0.15) is 0 Å². The van der Waals surface area contributed by atoms with Crippen molar-refractivity contribution in [3.05, 3.63) is 36.0 Å². The molecular weight excluding hydrogens is 222 g/mol. The average Bonchev–Trinajstić information content (AvgIpc) is 2.85. The molecule has 0 radical (unpaired) electrons. The lowest BCUT2D eigenvalue weighted by Gasteiger charge is -2.27. The van der Waals surface area contributed by atoms with Gasteiger partial charge in [0.15, 0.2) is 0 Å². The standard InChI is InChI=1S/C15H21N3/c16-13-3-5-14(6-4-13)18-10-11-1-2-12-7-8-17-15(12)9-11/h1-2,7-9,13-14,17-18H,3-6,10,16H2. The van der Waals surface area contributed by atoms with E-state index >= 15 is 0 Å². The molecule has 1 aromatic heterocycles. The number of H-pyrrole nitrogens is 1. The van der Waals surface area contributed by atoms with Gasteiger partial charge >= 0.3 is 0 Å². The van der Waals surface area contributed by atoms with Crippen LogP contribution in [0, 0.1) is 0 Å². The van der Waals surface area contributed by atoms with Gasteiger partial charge < -0.3 is 16.0 Å². The molecule has 0 saturated heterocycles. The molecule has 18 heavy (non-hydrogen) atoms. The first-order valence-electron chi connectivity index (χ1n) is 6.86. The fourth-order valence-electron chi connectivity index (χ4n) is 2.79. The summed E-state index contributed by atoms with van der Waals surface area (Å²) in [4.78, 5) is 3.26. The number of benzene rings is 1. The second kappa shape index (κ2) is 5.12. The summed E-state index contributed by atoms with van der Waals surface area (Å²) in [5, 5.41) is 4.93. The van der Waals surface area contributed by atoms with Crippen LogP contribution in [0.3, 0.4) is 0 Å². The van der Waals surface area contributed by atoms with Gasteiger partial charge in [0.1, 0.15) is 0 Å². The van der Waals surface area contributed by atoms with E-state index in [1.165, 1.54) is 29.3 Å². The van der Waals surface area contributed by atoms with Crippen LogP contribution < -0.4 is 11.1 Å². The Hall–Kier alpha value is -1.32. The molecule has 0 aliphatic heterocycles. The Morgan fingerprint density at radius 2 is 2.00 bits per heavy atom. The Labute approximate surface area is 108 Å². The normalized spacial score (nSPS) is 24.5. The molecule has 1 saturated carbocycles. The van der Waals surface area contributed by atoms with Crippen LogP contribution in [0.5, 0.6) is 0 Å². The van der Waals surface area contributed by atoms with Crippen molar-refractivity contribution in [1.82, 2.24) is 10.3 Å². The summed E-state index contributed by atoms with van der Waals surface area (Å²) in [6.07, 6.45) is 6.74. The Morgan fingerprint density at radius 1 is 1.17 bits per heavy atom. The number of fused-ring (bicyclic) bond motifs is 1. The van der Waals surface area contributed by atoms with Crippen molar-refractivity contribution in [1.29, 1.82) is 0 Å². The van der Waals surface area contributed by atoms with Crippen molar-refractivity contribution in [2.24, 2.45) is 5.73 Å². The third-order valence-electron chi connectivity index (χ3n) is 3.99. The molecule has 3 nitrogen and oxygen atoms in total. The lowest BCUT2D eigenvalue weighted by atomic mass is 9.92. The van der Waals surface area contributed by atoms with E-state index in [4.69, 9.17) is 5.73 Å². The summed E-state index contributed by atoms with van der Waals surface area (Å²) in [5.41, 5.74) is 8.49. The second-order valence-electron chi connectivity index (χ2n) is 5.39. The molecule has 4 N–H and O–H groups in total. The largest absolute Gasteiger partial charge is 0.361 e. The molecule has 3 rings (SSSR count). The predicted octanol–water partition coefficient (Wildman–Crippen LogP) is 2.53. The van der Waals surface area contributed by atoms with Gasteiger partial charge in [0.05, 0.1) is 0 Å². The van der Waals surface area contributed by atoms with Gasteiger partial charge in [-0.15, -0.1) is 0 Å². The van der Waals surface area contributed by atoms with Crippen LogP contribution in [0.15, 0.2) is 30.5 Å². The molecule has 0 unspecified atom stereocenters.